The molecule has 1 fully saturated rings. The van der Waals surface area contributed by atoms with Crippen LogP contribution in [0, 0.1) is 0 Å². The average Bonchev–Trinajstić information content (AvgIpc) is 2.74. The lowest BCUT2D eigenvalue weighted by molar-refractivity contribution is 0.0628. The van der Waals surface area contributed by atoms with E-state index in [1.807, 2.05) is 29.2 Å². The first-order valence-electron chi connectivity index (χ1n) is 9.81. The van der Waals surface area contributed by atoms with E-state index in [1.165, 1.54) is 16.3 Å². The summed E-state index contributed by atoms with van der Waals surface area (Å²) in [6, 6.07) is 22.8. The molecule has 4 rings (SSSR count). The molecule has 1 saturated heterocycles. The van der Waals surface area contributed by atoms with Crippen molar-refractivity contribution < 1.29 is 9.53 Å². The molecule has 1 heterocycles. The first kappa shape index (κ1) is 18.7. The molecule has 28 heavy (non-hydrogen) atoms. The third-order valence-electron chi connectivity index (χ3n) is 5.42. The van der Waals surface area contributed by atoms with Crippen LogP contribution in [-0.4, -0.2) is 49.0 Å². The van der Waals surface area contributed by atoms with Gasteiger partial charge in [-0.1, -0.05) is 54.6 Å². The number of rotatable bonds is 5. The normalized spacial score (nSPS) is 15.1. The Labute approximate surface area is 166 Å². The highest BCUT2D eigenvalue weighted by molar-refractivity contribution is 5.94. The second kappa shape index (κ2) is 8.55. The number of ether oxygens (including phenoxy) is 1. The molecular weight excluding hydrogens is 348 g/mol. The molecular formula is C24H26N2O2. The molecule has 3 aromatic rings. The van der Waals surface area contributed by atoms with Crippen LogP contribution >= 0.6 is 0 Å². The van der Waals surface area contributed by atoms with Crippen molar-refractivity contribution in [3.63, 3.8) is 0 Å². The van der Waals surface area contributed by atoms with Crippen LogP contribution in [0.2, 0.25) is 0 Å². The minimum absolute atomic E-state index is 0.114. The lowest BCUT2D eigenvalue weighted by atomic mass is 10.0. The minimum atomic E-state index is 0.114. The summed E-state index contributed by atoms with van der Waals surface area (Å²) >= 11 is 0. The number of nitrogens with zero attached hydrogens (tertiary/aromatic N) is 2. The van der Waals surface area contributed by atoms with Gasteiger partial charge < -0.3 is 9.64 Å². The number of hydrogen-bond acceptors (Lipinski definition) is 3. The molecule has 0 bridgehead atoms. The van der Waals surface area contributed by atoms with E-state index in [0.29, 0.717) is 6.61 Å². The van der Waals surface area contributed by atoms with Gasteiger partial charge in [0.05, 0.1) is 6.61 Å². The summed E-state index contributed by atoms with van der Waals surface area (Å²) < 4.78 is 5.18. The Bertz CT molecular complexity index is 956. The molecule has 0 aliphatic carbocycles. The number of hydrogen-bond donors (Lipinski definition) is 0. The molecule has 1 amide bonds. The van der Waals surface area contributed by atoms with Gasteiger partial charge in [-0.3, -0.25) is 9.69 Å². The Morgan fingerprint density at radius 2 is 1.68 bits per heavy atom. The second-order valence-electron chi connectivity index (χ2n) is 7.34. The maximum absolute atomic E-state index is 12.9. The van der Waals surface area contributed by atoms with E-state index in [1.54, 1.807) is 7.11 Å². The van der Waals surface area contributed by atoms with Crippen LogP contribution in [0.4, 0.5) is 0 Å². The van der Waals surface area contributed by atoms with Crippen LogP contribution in [0.25, 0.3) is 10.8 Å². The molecule has 4 heteroatoms. The quantitative estimate of drug-likeness (QED) is 0.678. The SMILES string of the molecule is COCc1cccc(C(=O)N2CCN(Cc3cccc4ccccc34)CC2)c1. The number of carbonyl (C=O) groups is 1. The molecule has 0 N–H and O–H groups in total. The van der Waals surface area contributed by atoms with E-state index in [2.05, 4.69) is 47.4 Å². The van der Waals surface area contributed by atoms with E-state index >= 15 is 0 Å². The van der Waals surface area contributed by atoms with Gasteiger partial charge in [0.25, 0.3) is 5.91 Å². The fourth-order valence-corrected chi connectivity index (χ4v) is 3.92. The largest absolute Gasteiger partial charge is 0.380 e. The Morgan fingerprint density at radius 1 is 0.929 bits per heavy atom. The van der Waals surface area contributed by atoms with Gasteiger partial charge in [-0.2, -0.15) is 0 Å². The second-order valence-corrected chi connectivity index (χ2v) is 7.34. The lowest BCUT2D eigenvalue weighted by Gasteiger charge is -2.35. The topological polar surface area (TPSA) is 32.8 Å². The van der Waals surface area contributed by atoms with Gasteiger partial charge in [0.1, 0.15) is 0 Å². The zero-order chi connectivity index (χ0) is 19.3. The van der Waals surface area contributed by atoms with Crippen LogP contribution in [0.15, 0.2) is 66.7 Å². The van der Waals surface area contributed by atoms with Gasteiger partial charge >= 0.3 is 0 Å². The summed E-state index contributed by atoms with van der Waals surface area (Å²) in [5.41, 5.74) is 3.13. The fraction of sp³-hybridized carbons (Fsp3) is 0.292. The van der Waals surface area contributed by atoms with Crippen LogP contribution in [0.5, 0.6) is 0 Å². The standard InChI is InChI=1S/C24H26N2O2/c1-28-18-19-6-4-9-21(16-19)24(27)26-14-12-25(13-15-26)17-22-10-5-8-20-7-2-3-11-23(20)22/h2-11,16H,12-15,17-18H2,1H3. The molecule has 0 saturated carbocycles. The van der Waals surface area contributed by atoms with Gasteiger partial charge in [0.15, 0.2) is 0 Å². The highest BCUT2D eigenvalue weighted by atomic mass is 16.5. The highest BCUT2D eigenvalue weighted by Crippen LogP contribution is 2.21. The molecule has 1 aliphatic rings. The molecule has 1 aliphatic heterocycles. The summed E-state index contributed by atoms with van der Waals surface area (Å²) in [7, 11) is 1.67. The van der Waals surface area contributed by atoms with Crippen LogP contribution in [-0.2, 0) is 17.9 Å². The summed E-state index contributed by atoms with van der Waals surface area (Å²) in [5.74, 6) is 0.114. The zero-order valence-electron chi connectivity index (χ0n) is 16.3. The van der Waals surface area contributed by atoms with Gasteiger partial charge in [0.2, 0.25) is 0 Å². The summed E-state index contributed by atoms with van der Waals surface area (Å²) in [4.78, 5) is 17.3. The van der Waals surface area contributed by atoms with Crippen molar-refractivity contribution in [2.75, 3.05) is 33.3 Å². The smallest absolute Gasteiger partial charge is 0.253 e. The minimum Gasteiger partial charge on any atom is -0.380 e. The van der Waals surface area contributed by atoms with Gasteiger partial charge in [-0.15, -0.1) is 0 Å². The summed E-state index contributed by atoms with van der Waals surface area (Å²) in [5, 5.41) is 2.60. The van der Waals surface area contributed by atoms with Crippen LogP contribution in [0.3, 0.4) is 0 Å². The van der Waals surface area contributed by atoms with Gasteiger partial charge in [-0.25, -0.2) is 0 Å². The number of piperazine rings is 1. The highest BCUT2D eigenvalue weighted by Gasteiger charge is 2.22. The van der Waals surface area contributed by atoms with E-state index in [0.717, 1.165) is 43.9 Å². The van der Waals surface area contributed by atoms with Crippen molar-refractivity contribution >= 4 is 16.7 Å². The van der Waals surface area contributed by atoms with E-state index < -0.39 is 0 Å². The predicted molar refractivity (Wildman–Crippen MR) is 112 cm³/mol. The Kier molecular flexibility index (Phi) is 5.70. The van der Waals surface area contributed by atoms with E-state index in [4.69, 9.17) is 4.74 Å². The molecule has 3 aromatic carbocycles. The van der Waals surface area contributed by atoms with Crippen molar-refractivity contribution in [3.05, 3.63) is 83.4 Å². The first-order chi connectivity index (χ1) is 13.7. The van der Waals surface area contributed by atoms with Crippen LogP contribution in [0.1, 0.15) is 21.5 Å². The Balaban J connectivity index is 1.39. The lowest BCUT2D eigenvalue weighted by Crippen LogP contribution is -2.48. The number of benzene rings is 3. The van der Waals surface area contributed by atoms with E-state index in [9.17, 15) is 4.79 Å². The maximum atomic E-state index is 12.9. The van der Waals surface area contributed by atoms with Crippen molar-refractivity contribution in [3.8, 4) is 0 Å². The van der Waals surface area contributed by atoms with Crippen molar-refractivity contribution in [1.82, 2.24) is 9.80 Å². The molecule has 0 atom stereocenters. The monoisotopic (exact) mass is 374 g/mol. The molecule has 144 valence electrons. The molecule has 0 spiro atoms. The fourth-order valence-electron chi connectivity index (χ4n) is 3.92. The third kappa shape index (κ3) is 4.08. The number of methoxy groups -OCH3 is 1. The molecule has 0 radical (unpaired) electrons. The number of carbonyl (C=O) groups excluding carboxylic acids is 1. The van der Waals surface area contributed by atoms with Gasteiger partial charge in [0, 0.05) is 45.4 Å². The van der Waals surface area contributed by atoms with Crippen molar-refractivity contribution in [1.29, 1.82) is 0 Å². The Hall–Kier alpha value is -2.69. The molecule has 0 aromatic heterocycles. The zero-order valence-corrected chi connectivity index (χ0v) is 16.3. The molecule has 4 nitrogen and oxygen atoms in total. The van der Waals surface area contributed by atoms with Gasteiger partial charge in [-0.05, 0) is 34.0 Å². The van der Waals surface area contributed by atoms with Crippen molar-refractivity contribution in [2.24, 2.45) is 0 Å². The third-order valence-corrected chi connectivity index (χ3v) is 5.42. The number of amides is 1. The average molecular weight is 374 g/mol. The first-order valence-corrected chi connectivity index (χ1v) is 9.81. The van der Waals surface area contributed by atoms with Crippen molar-refractivity contribution in [2.45, 2.75) is 13.2 Å². The summed E-state index contributed by atoms with van der Waals surface area (Å²) in [6.07, 6.45) is 0. The summed E-state index contributed by atoms with van der Waals surface area (Å²) in [6.45, 7) is 4.77. The predicted octanol–water partition coefficient (Wildman–Crippen LogP) is 3.94. The Morgan fingerprint density at radius 3 is 2.50 bits per heavy atom. The number of fused-ring (bicyclic) bond motifs is 1. The van der Waals surface area contributed by atoms with Crippen LogP contribution < -0.4 is 0 Å². The maximum Gasteiger partial charge on any atom is 0.253 e. The molecule has 0 unspecified atom stereocenters. The van der Waals surface area contributed by atoms with E-state index in [-0.39, 0.29) is 5.91 Å².